The van der Waals surface area contributed by atoms with Crippen molar-refractivity contribution in [3.8, 4) is 0 Å². The van der Waals surface area contributed by atoms with E-state index in [2.05, 4.69) is 10.4 Å². The van der Waals surface area contributed by atoms with E-state index in [4.69, 9.17) is 10.5 Å². The van der Waals surface area contributed by atoms with Crippen LogP contribution in [-0.2, 0) is 22.3 Å². The molecule has 0 atom stereocenters. The number of anilines is 1. The van der Waals surface area contributed by atoms with Crippen LogP contribution >= 0.6 is 11.3 Å². The van der Waals surface area contributed by atoms with Crippen LogP contribution in [0.25, 0.3) is 0 Å². The highest BCUT2D eigenvalue weighted by molar-refractivity contribution is 7.18. The summed E-state index contributed by atoms with van der Waals surface area (Å²) in [6.45, 7) is 2.98. The minimum Gasteiger partial charge on any atom is -0.462 e. The van der Waals surface area contributed by atoms with Crippen molar-refractivity contribution in [2.75, 3.05) is 11.9 Å². The van der Waals surface area contributed by atoms with Gasteiger partial charge in [0.05, 0.1) is 17.0 Å². The van der Waals surface area contributed by atoms with Gasteiger partial charge < -0.3 is 15.8 Å². The van der Waals surface area contributed by atoms with Gasteiger partial charge >= 0.3 is 12.1 Å². The number of alkyl halides is 3. The average molecular weight is 458 g/mol. The number of aromatic nitrogens is 2. The van der Waals surface area contributed by atoms with E-state index < -0.39 is 36.2 Å². The summed E-state index contributed by atoms with van der Waals surface area (Å²) in [7, 11) is 0. The smallest absolute Gasteiger partial charge is 0.435 e. The van der Waals surface area contributed by atoms with E-state index in [1.165, 1.54) is 6.92 Å². The normalized spacial score (nSPS) is 13.8. The summed E-state index contributed by atoms with van der Waals surface area (Å²) < 4.78 is 45.3. The molecule has 2 amide bonds. The number of ether oxygens (including phenoxy) is 1. The molecule has 12 heteroatoms. The summed E-state index contributed by atoms with van der Waals surface area (Å²) in [5.41, 5.74) is 4.89. The molecule has 31 heavy (non-hydrogen) atoms. The molecule has 0 bridgehead atoms. The topological polar surface area (TPSA) is 116 Å². The van der Waals surface area contributed by atoms with Gasteiger partial charge in [-0.1, -0.05) is 6.92 Å². The standard InChI is InChI=1S/C19H21F3N4O4S/c1-3-6-30-18(29)14-9(2)15(16(23)28)31-17(14)24-13(27)8-26-11(10-4-5-10)7-12(25-26)19(20,21)22/h7,10H,3-6,8H2,1-2H3,(H2,23,28)(H,24,27). The number of nitrogens with zero attached hydrogens (tertiary/aromatic N) is 2. The van der Waals surface area contributed by atoms with Crippen molar-refractivity contribution in [2.45, 2.75) is 51.7 Å². The number of amides is 2. The fourth-order valence-corrected chi connectivity index (χ4v) is 4.12. The van der Waals surface area contributed by atoms with Gasteiger partial charge in [0.1, 0.15) is 11.5 Å². The predicted octanol–water partition coefficient (Wildman–Crippen LogP) is 3.45. The Morgan fingerprint density at radius 3 is 2.58 bits per heavy atom. The number of hydrogen-bond acceptors (Lipinski definition) is 6. The van der Waals surface area contributed by atoms with Crippen molar-refractivity contribution in [1.82, 2.24) is 9.78 Å². The summed E-state index contributed by atoms with van der Waals surface area (Å²) in [6, 6.07) is 0.957. The number of halogens is 3. The third-order valence-electron chi connectivity index (χ3n) is 4.66. The first-order valence-electron chi connectivity index (χ1n) is 9.58. The van der Waals surface area contributed by atoms with Crippen molar-refractivity contribution in [3.63, 3.8) is 0 Å². The Kier molecular flexibility index (Phi) is 6.39. The van der Waals surface area contributed by atoms with E-state index in [1.54, 1.807) is 0 Å². The maximum Gasteiger partial charge on any atom is 0.435 e. The number of hydrogen-bond donors (Lipinski definition) is 2. The molecule has 0 saturated heterocycles. The molecular formula is C19H21F3N4O4S. The van der Waals surface area contributed by atoms with E-state index in [0.29, 0.717) is 12.1 Å². The van der Waals surface area contributed by atoms with Crippen molar-refractivity contribution < 1.29 is 32.3 Å². The van der Waals surface area contributed by atoms with Gasteiger partial charge in [0.25, 0.3) is 5.91 Å². The maximum absolute atomic E-state index is 13.0. The lowest BCUT2D eigenvalue weighted by Gasteiger charge is -2.09. The third-order valence-corrected chi connectivity index (χ3v) is 5.88. The molecule has 1 saturated carbocycles. The quantitative estimate of drug-likeness (QED) is 0.588. The van der Waals surface area contributed by atoms with Gasteiger partial charge in [-0.3, -0.25) is 14.3 Å². The van der Waals surface area contributed by atoms with Crippen molar-refractivity contribution in [2.24, 2.45) is 5.73 Å². The van der Waals surface area contributed by atoms with Gasteiger partial charge in [0, 0.05) is 11.6 Å². The highest BCUT2D eigenvalue weighted by Crippen LogP contribution is 2.42. The summed E-state index contributed by atoms with van der Waals surface area (Å²) in [5, 5.41) is 6.09. The SMILES string of the molecule is CCCOC(=O)c1c(NC(=O)Cn2nc(C(F)(F)F)cc2C2CC2)sc(C(N)=O)c1C. The van der Waals surface area contributed by atoms with E-state index in [9.17, 15) is 27.6 Å². The van der Waals surface area contributed by atoms with Gasteiger partial charge in [-0.05, 0) is 37.8 Å². The Morgan fingerprint density at radius 2 is 2.03 bits per heavy atom. The molecule has 2 aromatic rings. The summed E-state index contributed by atoms with van der Waals surface area (Å²) in [4.78, 5) is 36.8. The molecule has 3 N–H and O–H groups in total. The molecule has 0 spiro atoms. The van der Waals surface area contributed by atoms with Crippen LogP contribution in [0.3, 0.4) is 0 Å². The molecule has 1 aliphatic rings. The van der Waals surface area contributed by atoms with Crippen LogP contribution in [0.2, 0.25) is 0 Å². The number of nitrogens with one attached hydrogen (secondary N) is 1. The molecule has 168 valence electrons. The Bertz CT molecular complexity index is 1020. The van der Waals surface area contributed by atoms with Crippen LogP contribution in [-0.4, -0.2) is 34.2 Å². The van der Waals surface area contributed by atoms with Crippen LogP contribution in [0.15, 0.2) is 6.07 Å². The summed E-state index contributed by atoms with van der Waals surface area (Å²) in [5.74, 6) is -2.26. The first kappa shape index (κ1) is 22.8. The van der Waals surface area contributed by atoms with E-state index in [1.807, 2.05) is 6.92 Å². The van der Waals surface area contributed by atoms with Crippen LogP contribution in [0, 0.1) is 6.92 Å². The fourth-order valence-electron chi connectivity index (χ4n) is 3.06. The fraction of sp³-hybridized carbons (Fsp3) is 0.474. The zero-order valence-electron chi connectivity index (χ0n) is 16.8. The first-order valence-corrected chi connectivity index (χ1v) is 10.4. The number of carbonyl (C=O) groups excluding carboxylic acids is 3. The molecule has 0 aromatic carbocycles. The lowest BCUT2D eigenvalue weighted by atomic mass is 10.1. The van der Waals surface area contributed by atoms with Crippen LogP contribution in [0.4, 0.5) is 18.2 Å². The summed E-state index contributed by atoms with van der Waals surface area (Å²) in [6.07, 6.45) is -2.60. The van der Waals surface area contributed by atoms with Crippen molar-refractivity contribution in [3.05, 3.63) is 33.5 Å². The van der Waals surface area contributed by atoms with Gasteiger partial charge in [-0.2, -0.15) is 18.3 Å². The Balaban J connectivity index is 1.85. The van der Waals surface area contributed by atoms with Gasteiger partial charge in [-0.25, -0.2) is 4.79 Å². The molecular weight excluding hydrogens is 437 g/mol. The maximum atomic E-state index is 13.0. The van der Waals surface area contributed by atoms with Crippen LogP contribution in [0.1, 0.15) is 69.1 Å². The monoisotopic (exact) mass is 458 g/mol. The first-order chi connectivity index (χ1) is 14.5. The lowest BCUT2D eigenvalue weighted by Crippen LogP contribution is -2.22. The number of carbonyl (C=O) groups is 3. The Hall–Kier alpha value is -2.89. The highest BCUT2D eigenvalue weighted by atomic mass is 32.1. The Morgan fingerprint density at radius 1 is 1.35 bits per heavy atom. The van der Waals surface area contributed by atoms with Crippen LogP contribution < -0.4 is 11.1 Å². The molecule has 0 radical (unpaired) electrons. The van der Waals surface area contributed by atoms with Crippen LogP contribution in [0.5, 0.6) is 0 Å². The number of nitrogens with two attached hydrogens (primary N) is 1. The highest BCUT2D eigenvalue weighted by Gasteiger charge is 2.38. The van der Waals surface area contributed by atoms with E-state index in [0.717, 1.165) is 34.9 Å². The summed E-state index contributed by atoms with van der Waals surface area (Å²) >= 11 is 0.810. The molecule has 0 unspecified atom stereocenters. The molecule has 8 nitrogen and oxygen atoms in total. The molecule has 3 rings (SSSR count). The Labute approximate surface area is 179 Å². The zero-order valence-corrected chi connectivity index (χ0v) is 17.7. The zero-order chi connectivity index (χ0) is 22.9. The van der Waals surface area contributed by atoms with E-state index >= 15 is 0 Å². The minimum absolute atomic E-state index is 0.000498. The third kappa shape index (κ3) is 5.06. The molecule has 2 heterocycles. The molecule has 2 aromatic heterocycles. The second-order valence-corrected chi connectivity index (χ2v) is 8.21. The van der Waals surface area contributed by atoms with Crippen molar-refractivity contribution in [1.29, 1.82) is 0 Å². The lowest BCUT2D eigenvalue weighted by molar-refractivity contribution is -0.141. The largest absolute Gasteiger partial charge is 0.462 e. The minimum atomic E-state index is -4.62. The van der Waals surface area contributed by atoms with Gasteiger partial charge in [0.2, 0.25) is 5.91 Å². The van der Waals surface area contributed by atoms with E-state index in [-0.39, 0.29) is 33.5 Å². The molecule has 1 aliphatic carbocycles. The number of esters is 1. The van der Waals surface area contributed by atoms with Gasteiger partial charge in [0.15, 0.2) is 5.69 Å². The molecule has 1 fully saturated rings. The predicted molar refractivity (Wildman–Crippen MR) is 106 cm³/mol. The second-order valence-electron chi connectivity index (χ2n) is 7.19. The number of thiophene rings is 1. The molecule has 0 aliphatic heterocycles. The number of rotatable bonds is 8. The number of primary amides is 1. The second kappa shape index (κ2) is 8.69. The van der Waals surface area contributed by atoms with Gasteiger partial charge in [-0.15, -0.1) is 11.3 Å². The van der Waals surface area contributed by atoms with Crippen molar-refractivity contribution >= 4 is 34.1 Å². The average Bonchev–Trinajstić information content (AvgIpc) is 3.34.